The summed E-state index contributed by atoms with van der Waals surface area (Å²) in [5, 5.41) is 0. The number of carbonyl (C=O) groups is 2. The number of likely N-dealkylation sites (tertiary alicyclic amines) is 2. The highest BCUT2D eigenvalue weighted by molar-refractivity contribution is 5.79. The second-order valence-electron chi connectivity index (χ2n) is 7.96. The van der Waals surface area contributed by atoms with E-state index in [0.717, 1.165) is 71.6 Å². The van der Waals surface area contributed by atoms with Crippen LogP contribution in [0.2, 0.25) is 0 Å². The van der Waals surface area contributed by atoms with Gasteiger partial charge in [0.15, 0.2) is 0 Å². The van der Waals surface area contributed by atoms with Crippen molar-refractivity contribution in [3.63, 3.8) is 0 Å². The first-order chi connectivity index (χ1) is 12.7. The van der Waals surface area contributed by atoms with Gasteiger partial charge in [-0.05, 0) is 51.6 Å². The molecule has 148 valence electrons. The molecule has 3 saturated heterocycles. The van der Waals surface area contributed by atoms with Gasteiger partial charge < -0.3 is 14.5 Å². The lowest BCUT2D eigenvalue weighted by molar-refractivity contribution is -0.136. The van der Waals surface area contributed by atoms with Crippen LogP contribution in [0.15, 0.2) is 0 Å². The number of nitrogens with zero attached hydrogens (tertiary/aromatic N) is 3. The van der Waals surface area contributed by atoms with Crippen molar-refractivity contribution < 1.29 is 14.3 Å². The Morgan fingerprint density at radius 2 is 1.77 bits per heavy atom. The van der Waals surface area contributed by atoms with Gasteiger partial charge in [0.1, 0.15) is 0 Å². The largest absolute Gasteiger partial charge is 0.381 e. The van der Waals surface area contributed by atoms with Crippen molar-refractivity contribution in [2.75, 3.05) is 52.5 Å². The van der Waals surface area contributed by atoms with Gasteiger partial charge in [0.25, 0.3) is 0 Å². The SMILES string of the molecule is O=C1CCCN1CCCN(C(=O)CN1CCCCCC1)C1CCOCC1. The van der Waals surface area contributed by atoms with E-state index in [1.807, 2.05) is 4.90 Å². The zero-order valence-electron chi connectivity index (χ0n) is 16.2. The van der Waals surface area contributed by atoms with E-state index < -0.39 is 0 Å². The van der Waals surface area contributed by atoms with Crippen LogP contribution >= 0.6 is 0 Å². The first-order valence-electron chi connectivity index (χ1n) is 10.6. The summed E-state index contributed by atoms with van der Waals surface area (Å²) < 4.78 is 5.49. The number of rotatable bonds is 7. The van der Waals surface area contributed by atoms with Crippen molar-refractivity contribution >= 4 is 11.8 Å². The average molecular weight is 366 g/mol. The molecule has 3 aliphatic heterocycles. The molecule has 0 aliphatic carbocycles. The minimum absolute atomic E-state index is 0.270. The van der Waals surface area contributed by atoms with Crippen LogP contribution in [-0.2, 0) is 14.3 Å². The molecule has 3 rings (SSSR count). The first kappa shape index (κ1) is 19.6. The number of hydrogen-bond donors (Lipinski definition) is 0. The van der Waals surface area contributed by atoms with Crippen LogP contribution in [0.25, 0.3) is 0 Å². The molecule has 0 saturated carbocycles. The van der Waals surface area contributed by atoms with Crippen LogP contribution in [0.5, 0.6) is 0 Å². The Hall–Kier alpha value is -1.14. The smallest absolute Gasteiger partial charge is 0.237 e. The Balaban J connectivity index is 1.52. The molecule has 0 spiro atoms. The molecule has 6 nitrogen and oxygen atoms in total. The molecule has 0 aromatic rings. The third-order valence-corrected chi connectivity index (χ3v) is 6.01. The quantitative estimate of drug-likeness (QED) is 0.691. The zero-order chi connectivity index (χ0) is 18.2. The van der Waals surface area contributed by atoms with Gasteiger partial charge in [0, 0.05) is 45.3 Å². The maximum absolute atomic E-state index is 13.1. The van der Waals surface area contributed by atoms with Gasteiger partial charge in [0.05, 0.1) is 6.54 Å². The normalized spacial score (nSPS) is 23.2. The van der Waals surface area contributed by atoms with Gasteiger partial charge in [-0.3, -0.25) is 14.5 Å². The summed E-state index contributed by atoms with van der Waals surface area (Å²) in [6.07, 6.45) is 9.44. The van der Waals surface area contributed by atoms with Crippen LogP contribution in [-0.4, -0.2) is 85.0 Å². The molecule has 0 aromatic heterocycles. The molecule has 3 heterocycles. The van der Waals surface area contributed by atoms with Crippen molar-refractivity contribution in [1.29, 1.82) is 0 Å². The molecule has 0 aromatic carbocycles. The van der Waals surface area contributed by atoms with E-state index in [9.17, 15) is 9.59 Å². The second kappa shape index (κ2) is 10.3. The highest BCUT2D eigenvalue weighted by atomic mass is 16.5. The minimum atomic E-state index is 0.270. The summed E-state index contributed by atoms with van der Waals surface area (Å²) in [4.78, 5) is 31.3. The zero-order valence-corrected chi connectivity index (χ0v) is 16.2. The highest BCUT2D eigenvalue weighted by Gasteiger charge is 2.27. The van der Waals surface area contributed by atoms with Crippen molar-refractivity contribution in [3.8, 4) is 0 Å². The van der Waals surface area contributed by atoms with E-state index in [0.29, 0.717) is 19.0 Å². The fourth-order valence-corrected chi connectivity index (χ4v) is 4.46. The second-order valence-corrected chi connectivity index (χ2v) is 7.96. The molecular weight excluding hydrogens is 330 g/mol. The number of amides is 2. The Bertz CT molecular complexity index is 457. The van der Waals surface area contributed by atoms with Gasteiger partial charge in [-0.25, -0.2) is 0 Å². The summed E-state index contributed by atoms with van der Waals surface area (Å²) in [7, 11) is 0. The van der Waals surface area contributed by atoms with Crippen LogP contribution in [0, 0.1) is 0 Å². The molecular formula is C20H35N3O3. The number of hydrogen-bond acceptors (Lipinski definition) is 4. The number of ether oxygens (including phenoxy) is 1. The van der Waals surface area contributed by atoms with Crippen LogP contribution < -0.4 is 0 Å². The van der Waals surface area contributed by atoms with Gasteiger partial charge >= 0.3 is 0 Å². The van der Waals surface area contributed by atoms with Gasteiger partial charge in [-0.2, -0.15) is 0 Å². The summed E-state index contributed by atoms with van der Waals surface area (Å²) >= 11 is 0. The van der Waals surface area contributed by atoms with E-state index in [1.165, 1.54) is 25.7 Å². The Labute approximate surface area is 157 Å². The van der Waals surface area contributed by atoms with E-state index in [4.69, 9.17) is 4.74 Å². The predicted molar refractivity (Wildman–Crippen MR) is 101 cm³/mol. The van der Waals surface area contributed by atoms with Crippen LogP contribution in [0.1, 0.15) is 57.8 Å². The Morgan fingerprint density at radius 1 is 1.04 bits per heavy atom. The summed E-state index contributed by atoms with van der Waals surface area (Å²) in [6.45, 7) is 6.60. The van der Waals surface area contributed by atoms with Crippen molar-refractivity contribution in [1.82, 2.24) is 14.7 Å². The molecule has 0 bridgehead atoms. The molecule has 6 heteroatoms. The van der Waals surface area contributed by atoms with E-state index in [-0.39, 0.29) is 11.8 Å². The lowest BCUT2D eigenvalue weighted by Crippen LogP contribution is -2.48. The minimum Gasteiger partial charge on any atom is -0.381 e. The molecule has 0 N–H and O–H groups in total. The fraction of sp³-hybridized carbons (Fsp3) is 0.900. The Kier molecular flexibility index (Phi) is 7.74. The molecule has 0 radical (unpaired) electrons. The summed E-state index contributed by atoms with van der Waals surface area (Å²) in [6, 6.07) is 0.303. The van der Waals surface area contributed by atoms with Crippen LogP contribution in [0.3, 0.4) is 0 Å². The van der Waals surface area contributed by atoms with Crippen LogP contribution in [0.4, 0.5) is 0 Å². The third kappa shape index (κ3) is 5.68. The molecule has 3 aliphatic rings. The Morgan fingerprint density at radius 3 is 2.42 bits per heavy atom. The monoisotopic (exact) mass is 365 g/mol. The van der Waals surface area contributed by atoms with Gasteiger partial charge in [-0.15, -0.1) is 0 Å². The van der Waals surface area contributed by atoms with Crippen molar-refractivity contribution in [3.05, 3.63) is 0 Å². The fourth-order valence-electron chi connectivity index (χ4n) is 4.46. The van der Waals surface area contributed by atoms with E-state index in [1.54, 1.807) is 0 Å². The van der Waals surface area contributed by atoms with Crippen molar-refractivity contribution in [2.24, 2.45) is 0 Å². The van der Waals surface area contributed by atoms with E-state index in [2.05, 4.69) is 9.80 Å². The topological polar surface area (TPSA) is 53.1 Å². The standard InChI is InChI=1S/C20H35N3O3/c24-19-7-5-12-22(19)13-6-14-23(18-8-15-26-16-9-18)20(25)17-21-10-3-1-2-4-11-21/h18H,1-17H2. The van der Waals surface area contributed by atoms with Gasteiger partial charge in [0.2, 0.25) is 11.8 Å². The molecule has 26 heavy (non-hydrogen) atoms. The maximum Gasteiger partial charge on any atom is 0.237 e. The maximum atomic E-state index is 13.1. The lowest BCUT2D eigenvalue weighted by atomic mass is 10.1. The predicted octanol–water partition coefficient (Wildman–Crippen LogP) is 1.88. The highest BCUT2D eigenvalue weighted by Crippen LogP contribution is 2.18. The molecule has 0 unspecified atom stereocenters. The van der Waals surface area contributed by atoms with Crippen molar-refractivity contribution in [2.45, 2.75) is 63.8 Å². The third-order valence-electron chi connectivity index (χ3n) is 6.01. The van der Waals surface area contributed by atoms with Gasteiger partial charge in [-0.1, -0.05) is 12.8 Å². The lowest BCUT2D eigenvalue weighted by Gasteiger charge is -2.36. The molecule has 3 fully saturated rings. The average Bonchev–Trinajstić information content (AvgIpc) is 2.90. The van der Waals surface area contributed by atoms with E-state index >= 15 is 0 Å². The number of carbonyl (C=O) groups excluding carboxylic acids is 2. The molecule has 0 atom stereocenters. The molecule has 2 amide bonds. The summed E-state index contributed by atoms with van der Waals surface area (Å²) in [5.41, 5.74) is 0. The first-order valence-corrected chi connectivity index (χ1v) is 10.6. The summed E-state index contributed by atoms with van der Waals surface area (Å²) in [5.74, 6) is 0.546.